The van der Waals surface area contributed by atoms with Gasteiger partial charge in [0.1, 0.15) is 0 Å². The second-order valence-electron chi connectivity index (χ2n) is 4.60. The molecule has 102 valence electrons. The van der Waals surface area contributed by atoms with Gasteiger partial charge < -0.3 is 15.4 Å². The number of amides is 1. The monoisotopic (exact) mass is 262 g/mol. The Morgan fingerprint density at radius 3 is 2.53 bits per heavy atom. The Labute approximate surface area is 112 Å². The normalized spacial score (nSPS) is 13.9. The van der Waals surface area contributed by atoms with Gasteiger partial charge in [-0.05, 0) is 37.1 Å². The largest absolute Gasteiger partial charge is 0.465 e. The van der Waals surface area contributed by atoms with E-state index >= 15 is 0 Å². The first kappa shape index (κ1) is 13.5. The Balaban J connectivity index is 1.77. The van der Waals surface area contributed by atoms with Crippen molar-refractivity contribution in [2.24, 2.45) is 0 Å². The molecule has 0 spiro atoms. The molecule has 1 saturated carbocycles. The first-order chi connectivity index (χ1) is 9.19. The molecule has 0 aliphatic heterocycles. The van der Waals surface area contributed by atoms with E-state index in [0.717, 1.165) is 0 Å². The number of benzene rings is 1. The highest BCUT2D eigenvalue weighted by Crippen LogP contribution is 2.18. The number of esters is 1. The van der Waals surface area contributed by atoms with Crippen LogP contribution in [0.4, 0.5) is 5.69 Å². The van der Waals surface area contributed by atoms with Crippen LogP contribution in [-0.2, 0) is 9.53 Å². The molecule has 0 saturated heterocycles. The maximum Gasteiger partial charge on any atom is 0.337 e. The van der Waals surface area contributed by atoms with Gasteiger partial charge >= 0.3 is 5.97 Å². The summed E-state index contributed by atoms with van der Waals surface area (Å²) in [6.07, 6.45) is 2.89. The highest BCUT2D eigenvalue weighted by atomic mass is 16.5. The van der Waals surface area contributed by atoms with Gasteiger partial charge in [-0.15, -0.1) is 0 Å². The molecular formula is C14H18N2O3. The smallest absolute Gasteiger partial charge is 0.337 e. The lowest BCUT2D eigenvalue weighted by Gasteiger charge is -2.06. The molecule has 1 aromatic rings. The SMILES string of the molecule is COC(=O)c1ccc(NC(=O)CCNC2CC2)cc1. The third kappa shape index (κ3) is 4.37. The summed E-state index contributed by atoms with van der Waals surface area (Å²) in [4.78, 5) is 22.9. The second kappa shape index (κ2) is 6.33. The fourth-order valence-electron chi connectivity index (χ4n) is 1.71. The van der Waals surface area contributed by atoms with Crippen molar-refractivity contribution in [2.75, 3.05) is 19.0 Å². The van der Waals surface area contributed by atoms with E-state index in [-0.39, 0.29) is 11.9 Å². The second-order valence-corrected chi connectivity index (χ2v) is 4.60. The quantitative estimate of drug-likeness (QED) is 0.763. The predicted octanol–water partition coefficient (Wildman–Crippen LogP) is 1.55. The summed E-state index contributed by atoms with van der Waals surface area (Å²) in [5.41, 5.74) is 1.15. The summed E-state index contributed by atoms with van der Waals surface area (Å²) >= 11 is 0. The molecule has 0 aromatic heterocycles. The van der Waals surface area contributed by atoms with Crippen molar-refractivity contribution in [3.05, 3.63) is 29.8 Å². The minimum absolute atomic E-state index is 0.0287. The molecule has 2 rings (SSSR count). The number of hydrogen-bond acceptors (Lipinski definition) is 4. The van der Waals surface area contributed by atoms with E-state index < -0.39 is 0 Å². The Kier molecular flexibility index (Phi) is 4.52. The third-order valence-electron chi connectivity index (χ3n) is 2.95. The van der Waals surface area contributed by atoms with Crippen molar-refractivity contribution >= 4 is 17.6 Å². The van der Waals surface area contributed by atoms with E-state index in [2.05, 4.69) is 15.4 Å². The van der Waals surface area contributed by atoms with Crippen LogP contribution in [0, 0.1) is 0 Å². The van der Waals surface area contributed by atoms with Crippen molar-refractivity contribution in [2.45, 2.75) is 25.3 Å². The molecule has 1 fully saturated rings. The number of anilines is 1. The summed E-state index contributed by atoms with van der Waals surface area (Å²) < 4.78 is 4.60. The fourth-order valence-corrected chi connectivity index (χ4v) is 1.71. The van der Waals surface area contributed by atoms with Crippen molar-refractivity contribution in [1.29, 1.82) is 0 Å². The Hall–Kier alpha value is -1.88. The summed E-state index contributed by atoms with van der Waals surface area (Å²) in [5.74, 6) is -0.412. The van der Waals surface area contributed by atoms with Gasteiger partial charge in [0.15, 0.2) is 0 Å². The van der Waals surface area contributed by atoms with E-state index in [4.69, 9.17) is 0 Å². The zero-order valence-electron chi connectivity index (χ0n) is 10.9. The van der Waals surface area contributed by atoms with Gasteiger partial charge in [-0.1, -0.05) is 0 Å². The molecule has 2 N–H and O–H groups in total. The van der Waals surface area contributed by atoms with Crippen LogP contribution in [0.1, 0.15) is 29.6 Å². The van der Waals surface area contributed by atoms with Gasteiger partial charge in [-0.2, -0.15) is 0 Å². The highest BCUT2D eigenvalue weighted by Gasteiger charge is 2.20. The molecule has 1 aliphatic carbocycles. The molecule has 1 amide bonds. The summed E-state index contributed by atoms with van der Waals surface area (Å²) in [5, 5.41) is 6.07. The lowest BCUT2D eigenvalue weighted by molar-refractivity contribution is -0.116. The van der Waals surface area contributed by atoms with Crippen LogP contribution in [0.15, 0.2) is 24.3 Å². The molecule has 0 radical (unpaired) electrons. The first-order valence-corrected chi connectivity index (χ1v) is 6.40. The third-order valence-corrected chi connectivity index (χ3v) is 2.95. The Bertz CT molecular complexity index is 452. The van der Waals surface area contributed by atoms with Crippen molar-refractivity contribution < 1.29 is 14.3 Å². The zero-order chi connectivity index (χ0) is 13.7. The van der Waals surface area contributed by atoms with Crippen LogP contribution in [0.3, 0.4) is 0 Å². The number of ether oxygens (including phenoxy) is 1. The van der Waals surface area contributed by atoms with Gasteiger partial charge in [0.2, 0.25) is 5.91 Å². The molecule has 19 heavy (non-hydrogen) atoms. The van der Waals surface area contributed by atoms with E-state index in [9.17, 15) is 9.59 Å². The molecule has 5 nitrogen and oxygen atoms in total. The number of carbonyl (C=O) groups is 2. The van der Waals surface area contributed by atoms with Gasteiger partial charge in [0, 0.05) is 24.7 Å². The van der Waals surface area contributed by atoms with E-state index in [1.54, 1.807) is 24.3 Å². The van der Waals surface area contributed by atoms with Crippen LogP contribution >= 0.6 is 0 Å². The number of nitrogens with one attached hydrogen (secondary N) is 2. The van der Waals surface area contributed by atoms with Crippen LogP contribution in [0.5, 0.6) is 0 Å². The average molecular weight is 262 g/mol. The van der Waals surface area contributed by atoms with Gasteiger partial charge in [0.05, 0.1) is 12.7 Å². The van der Waals surface area contributed by atoms with Crippen molar-refractivity contribution in [3.8, 4) is 0 Å². The van der Waals surface area contributed by atoms with Crippen LogP contribution in [0.25, 0.3) is 0 Å². The fraction of sp³-hybridized carbons (Fsp3) is 0.429. The Morgan fingerprint density at radius 2 is 1.95 bits per heavy atom. The Morgan fingerprint density at radius 1 is 1.26 bits per heavy atom. The summed E-state index contributed by atoms with van der Waals surface area (Å²) in [7, 11) is 1.34. The van der Waals surface area contributed by atoms with Gasteiger partial charge in [0.25, 0.3) is 0 Å². The highest BCUT2D eigenvalue weighted by molar-refractivity contribution is 5.93. The van der Waals surface area contributed by atoms with Crippen LogP contribution in [0.2, 0.25) is 0 Å². The molecule has 0 heterocycles. The van der Waals surface area contributed by atoms with Crippen LogP contribution < -0.4 is 10.6 Å². The molecule has 5 heteroatoms. The number of methoxy groups -OCH3 is 1. The summed E-state index contributed by atoms with van der Waals surface area (Å²) in [6, 6.07) is 7.26. The average Bonchev–Trinajstić information content (AvgIpc) is 3.23. The number of rotatable bonds is 6. The van der Waals surface area contributed by atoms with Gasteiger partial charge in [-0.3, -0.25) is 4.79 Å². The minimum Gasteiger partial charge on any atom is -0.465 e. The molecule has 1 aromatic carbocycles. The molecule has 0 unspecified atom stereocenters. The minimum atomic E-state index is -0.383. The first-order valence-electron chi connectivity index (χ1n) is 6.40. The maximum atomic E-state index is 11.6. The molecule has 1 aliphatic rings. The molecule has 0 atom stereocenters. The van der Waals surface area contributed by atoms with Gasteiger partial charge in [-0.25, -0.2) is 4.79 Å². The lowest BCUT2D eigenvalue weighted by Crippen LogP contribution is -2.23. The van der Waals surface area contributed by atoms with E-state index in [1.807, 2.05) is 0 Å². The van der Waals surface area contributed by atoms with E-state index in [1.165, 1.54) is 20.0 Å². The number of carbonyl (C=O) groups excluding carboxylic acids is 2. The van der Waals surface area contributed by atoms with Crippen molar-refractivity contribution in [1.82, 2.24) is 5.32 Å². The topological polar surface area (TPSA) is 67.4 Å². The molecular weight excluding hydrogens is 244 g/mol. The lowest BCUT2D eigenvalue weighted by atomic mass is 10.2. The molecule has 0 bridgehead atoms. The zero-order valence-corrected chi connectivity index (χ0v) is 10.9. The summed E-state index contributed by atoms with van der Waals surface area (Å²) in [6.45, 7) is 0.705. The standard InChI is InChI=1S/C14H18N2O3/c1-19-14(18)10-2-4-12(5-3-10)16-13(17)8-9-15-11-6-7-11/h2-5,11,15H,6-9H2,1H3,(H,16,17). The van der Waals surface area contributed by atoms with Crippen LogP contribution in [-0.4, -0.2) is 31.6 Å². The van der Waals surface area contributed by atoms with Crippen molar-refractivity contribution in [3.63, 3.8) is 0 Å². The number of hydrogen-bond donors (Lipinski definition) is 2. The predicted molar refractivity (Wildman–Crippen MR) is 72.1 cm³/mol. The maximum absolute atomic E-state index is 11.6. The van der Waals surface area contributed by atoms with E-state index in [0.29, 0.717) is 30.3 Å².